The minimum atomic E-state index is 0.609. The predicted octanol–water partition coefficient (Wildman–Crippen LogP) is 2.49. The van der Waals surface area contributed by atoms with Crippen LogP contribution in [0.25, 0.3) is 5.78 Å². The van der Waals surface area contributed by atoms with Crippen molar-refractivity contribution in [3.63, 3.8) is 0 Å². The second-order valence-electron chi connectivity index (χ2n) is 7.39. The lowest BCUT2D eigenvalue weighted by Gasteiger charge is -2.32. The summed E-state index contributed by atoms with van der Waals surface area (Å²) < 4.78 is 4.75. The minimum Gasteiger partial charge on any atom is -0.310 e. The maximum Gasteiger partial charge on any atom is 0.254 e. The van der Waals surface area contributed by atoms with Crippen LogP contribution in [-0.4, -0.2) is 25.7 Å². The molecule has 7 heteroatoms. The summed E-state index contributed by atoms with van der Waals surface area (Å²) in [5.41, 5.74) is 3.67. The van der Waals surface area contributed by atoms with Crippen LogP contribution in [-0.2, 0) is 13.1 Å². The maximum atomic E-state index is 5.72. The van der Waals surface area contributed by atoms with Gasteiger partial charge in [0.25, 0.3) is 5.78 Å². The van der Waals surface area contributed by atoms with Crippen molar-refractivity contribution < 1.29 is 4.90 Å². The second kappa shape index (κ2) is 5.72. The molecule has 3 aromatic heterocycles. The molecule has 1 N–H and O–H groups in total. The van der Waals surface area contributed by atoms with Gasteiger partial charge in [-0.25, -0.2) is 4.98 Å². The Kier molecular flexibility index (Phi) is 3.59. The summed E-state index contributed by atoms with van der Waals surface area (Å²) in [5, 5.41) is 6.99. The van der Waals surface area contributed by atoms with Gasteiger partial charge in [0.2, 0.25) is 4.77 Å². The normalized spacial score (nSPS) is 23.1. The summed E-state index contributed by atoms with van der Waals surface area (Å²) in [6.07, 6.45) is 3.89. The van der Waals surface area contributed by atoms with Crippen molar-refractivity contribution in [2.45, 2.75) is 45.8 Å². The average molecular weight is 373 g/mol. The number of nitrogens with one attached hydrogen (secondary N) is 1. The van der Waals surface area contributed by atoms with Gasteiger partial charge in [0.05, 0.1) is 6.54 Å². The molecule has 0 spiro atoms. The molecule has 5 rings (SSSR count). The first kappa shape index (κ1) is 15.7. The number of hydrogen-bond donors (Lipinski definition) is 1. The van der Waals surface area contributed by atoms with Crippen molar-refractivity contribution in [3.8, 4) is 0 Å². The highest BCUT2D eigenvalue weighted by molar-refractivity contribution is 7.71. The van der Waals surface area contributed by atoms with Gasteiger partial charge in [-0.2, -0.15) is 4.68 Å². The molecule has 1 saturated carbocycles. The van der Waals surface area contributed by atoms with Crippen LogP contribution >= 0.6 is 23.6 Å². The third kappa shape index (κ3) is 2.56. The van der Waals surface area contributed by atoms with Crippen molar-refractivity contribution in [2.75, 3.05) is 6.54 Å². The fraction of sp³-hybridized carbons (Fsp3) is 0.500. The fourth-order valence-corrected chi connectivity index (χ4v) is 5.57. The molecule has 1 fully saturated rings. The molecule has 0 aromatic carbocycles. The summed E-state index contributed by atoms with van der Waals surface area (Å²) in [6, 6.07) is 5.02. The van der Waals surface area contributed by atoms with Crippen LogP contribution in [0.4, 0.5) is 0 Å². The van der Waals surface area contributed by atoms with Gasteiger partial charge < -0.3 is 4.90 Å². The van der Waals surface area contributed by atoms with Crippen LogP contribution in [0.3, 0.4) is 0 Å². The molecular weight excluding hydrogens is 350 g/mol. The van der Waals surface area contributed by atoms with Crippen LogP contribution in [0.15, 0.2) is 17.5 Å². The van der Waals surface area contributed by atoms with Crippen molar-refractivity contribution in [2.24, 2.45) is 5.92 Å². The first-order valence-corrected chi connectivity index (χ1v) is 10.3. The Morgan fingerprint density at radius 1 is 1.36 bits per heavy atom. The van der Waals surface area contributed by atoms with Crippen LogP contribution in [0.2, 0.25) is 0 Å². The molecular formula is C18H22N5S2+. The fourth-order valence-electron chi connectivity index (χ4n) is 4.30. The van der Waals surface area contributed by atoms with E-state index in [1.54, 1.807) is 15.3 Å². The van der Waals surface area contributed by atoms with Gasteiger partial charge in [0.15, 0.2) is 6.67 Å². The lowest BCUT2D eigenvalue weighted by molar-refractivity contribution is -0.958. The summed E-state index contributed by atoms with van der Waals surface area (Å²) >= 11 is 7.64. The highest BCUT2D eigenvalue weighted by Crippen LogP contribution is 2.42. The van der Waals surface area contributed by atoms with Crippen LogP contribution in [0.5, 0.6) is 0 Å². The molecule has 2 aliphatic rings. The Morgan fingerprint density at radius 2 is 2.20 bits per heavy atom. The largest absolute Gasteiger partial charge is 0.310 e. The number of quaternary nitrogens is 1. The molecule has 2 atom stereocenters. The molecule has 0 bridgehead atoms. The summed E-state index contributed by atoms with van der Waals surface area (Å²) in [4.78, 5) is 7.75. The third-order valence-electron chi connectivity index (χ3n) is 5.54. The molecule has 5 nitrogen and oxygen atoms in total. The molecule has 1 unspecified atom stereocenters. The number of nitrogens with zero attached hydrogens (tertiary/aromatic N) is 4. The number of thiophene rings is 1. The standard InChI is InChI=1S/C18H21N5S2/c1-11-9-12(2)23-17(19-11)20-22(18(23)24)10-21-7-5-15-14(6-8-25-15)16(21)13-3-4-13/h6,8-9,13,16H,3-5,7,10H2,1-2H3/p+1/t16-/m0/s1. The Labute approximate surface area is 155 Å². The Balaban J connectivity index is 1.53. The topological polar surface area (TPSA) is 39.6 Å². The van der Waals surface area contributed by atoms with E-state index in [4.69, 9.17) is 17.3 Å². The summed E-state index contributed by atoms with van der Waals surface area (Å²) in [7, 11) is 0. The van der Waals surface area contributed by atoms with Gasteiger partial charge in [0, 0.05) is 34.2 Å². The molecule has 0 saturated heterocycles. The third-order valence-corrected chi connectivity index (χ3v) is 6.93. The Hall–Kier alpha value is -1.57. The van der Waals surface area contributed by atoms with E-state index in [1.807, 2.05) is 27.3 Å². The van der Waals surface area contributed by atoms with Gasteiger partial charge >= 0.3 is 0 Å². The van der Waals surface area contributed by atoms with Crippen molar-refractivity contribution in [3.05, 3.63) is 44.1 Å². The first-order chi connectivity index (χ1) is 12.1. The number of aromatic nitrogens is 4. The van der Waals surface area contributed by atoms with Gasteiger partial charge in [-0.05, 0) is 56.4 Å². The van der Waals surface area contributed by atoms with Crippen molar-refractivity contribution in [1.82, 2.24) is 19.2 Å². The molecule has 3 aromatic rings. The highest BCUT2D eigenvalue weighted by Gasteiger charge is 2.43. The highest BCUT2D eigenvalue weighted by atomic mass is 32.1. The lowest BCUT2D eigenvalue weighted by atomic mass is 9.96. The first-order valence-electron chi connectivity index (χ1n) is 8.96. The quantitative estimate of drug-likeness (QED) is 0.718. The smallest absolute Gasteiger partial charge is 0.254 e. The number of aryl methyl sites for hydroxylation is 2. The molecule has 1 aliphatic heterocycles. The molecule has 0 amide bonds. The second-order valence-corrected chi connectivity index (χ2v) is 8.75. The molecule has 25 heavy (non-hydrogen) atoms. The average Bonchev–Trinajstić information content (AvgIpc) is 3.20. The van der Waals surface area contributed by atoms with Crippen LogP contribution < -0.4 is 4.90 Å². The van der Waals surface area contributed by atoms with E-state index in [9.17, 15) is 0 Å². The number of hydrogen-bond acceptors (Lipinski definition) is 4. The number of fused-ring (bicyclic) bond motifs is 2. The van der Waals surface area contributed by atoms with Gasteiger partial charge in [0.1, 0.15) is 6.04 Å². The lowest BCUT2D eigenvalue weighted by Crippen LogP contribution is -3.13. The predicted molar refractivity (Wildman–Crippen MR) is 101 cm³/mol. The Bertz CT molecular complexity index is 1010. The summed E-state index contributed by atoms with van der Waals surface area (Å²) in [6.45, 7) is 6.07. The van der Waals surface area contributed by atoms with E-state index in [1.165, 1.54) is 19.3 Å². The van der Waals surface area contributed by atoms with E-state index in [-0.39, 0.29) is 0 Å². The molecule has 4 heterocycles. The van der Waals surface area contributed by atoms with Crippen molar-refractivity contribution in [1.29, 1.82) is 0 Å². The summed E-state index contributed by atoms with van der Waals surface area (Å²) in [5.74, 6) is 1.55. The van der Waals surface area contributed by atoms with E-state index in [0.29, 0.717) is 6.04 Å². The van der Waals surface area contributed by atoms with Crippen LogP contribution in [0, 0.1) is 24.5 Å². The minimum absolute atomic E-state index is 0.609. The van der Waals surface area contributed by atoms with Crippen molar-refractivity contribution >= 4 is 29.3 Å². The molecule has 130 valence electrons. The van der Waals surface area contributed by atoms with E-state index in [2.05, 4.69) is 29.4 Å². The SMILES string of the molecule is Cc1cc(C)n2c(=S)n(C[NH+]3CCc4sccc4[C@@H]3C3CC3)nc2n1. The molecule has 1 aliphatic carbocycles. The zero-order chi connectivity index (χ0) is 17.1. The van der Waals surface area contributed by atoms with Gasteiger partial charge in [-0.1, -0.05) is 0 Å². The zero-order valence-electron chi connectivity index (χ0n) is 14.5. The number of rotatable bonds is 3. The van der Waals surface area contributed by atoms with Gasteiger partial charge in [-0.3, -0.25) is 4.40 Å². The monoisotopic (exact) mass is 372 g/mol. The zero-order valence-corrected chi connectivity index (χ0v) is 16.2. The van der Waals surface area contributed by atoms with Gasteiger partial charge in [-0.15, -0.1) is 16.4 Å². The van der Waals surface area contributed by atoms with E-state index >= 15 is 0 Å². The van der Waals surface area contributed by atoms with E-state index < -0.39 is 0 Å². The molecule has 0 radical (unpaired) electrons. The maximum absolute atomic E-state index is 5.72. The van der Waals surface area contributed by atoms with E-state index in [0.717, 1.165) is 41.1 Å². The van der Waals surface area contributed by atoms with Crippen LogP contribution in [0.1, 0.15) is 40.7 Å². The Morgan fingerprint density at radius 3 is 3.00 bits per heavy atom.